The van der Waals surface area contributed by atoms with Crippen LogP contribution in [-0.4, -0.2) is 29.5 Å². The average Bonchev–Trinajstić information content (AvgIpc) is 2.35. The van der Waals surface area contributed by atoms with Crippen LogP contribution >= 0.6 is 11.6 Å². The molecule has 0 aromatic heterocycles. The Hall–Kier alpha value is -1.06. The third-order valence-electron chi connectivity index (χ3n) is 2.33. The highest BCUT2D eigenvalue weighted by Gasteiger charge is 2.10. The van der Waals surface area contributed by atoms with E-state index in [1.165, 1.54) is 5.56 Å². The minimum atomic E-state index is -0.242. The number of aryl methyl sites for hydroxylation is 1. The van der Waals surface area contributed by atoms with Crippen molar-refractivity contribution in [3.05, 3.63) is 35.9 Å². The van der Waals surface area contributed by atoms with Crippen molar-refractivity contribution in [3.63, 3.8) is 0 Å². The molecule has 0 spiro atoms. The van der Waals surface area contributed by atoms with Gasteiger partial charge < -0.3 is 10.4 Å². The molecule has 0 radical (unpaired) electrons. The lowest BCUT2D eigenvalue weighted by Gasteiger charge is -2.15. The number of halogens is 1. The van der Waals surface area contributed by atoms with Crippen LogP contribution in [0.25, 0.3) is 0 Å². The van der Waals surface area contributed by atoms with Crippen molar-refractivity contribution in [1.82, 2.24) is 5.32 Å². The molecule has 16 heavy (non-hydrogen) atoms. The summed E-state index contributed by atoms with van der Waals surface area (Å²) in [6.07, 6.45) is 1.54. The molecular weight excluding hydrogens is 226 g/mol. The highest BCUT2D eigenvalue weighted by Crippen LogP contribution is 2.04. The number of carbonyl (C=O) groups excluding carboxylic acids is 1. The van der Waals surface area contributed by atoms with Gasteiger partial charge >= 0.3 is 0 Å². The van der Waals surface area contributed by atoms with Crippen LogP contribution in [0.2, 0.25) is 0 Å². The molecule has 3 nitrogen and oxygen atoms in total. The van der Waals surface area contributed by atoms with Gasteiger partial charge in [-0.3, -0.25) is 4.79 Å². The van der Waals surface area contributed by atoms with Gasteiger partial charge in [-0.25, -0.2) is 0 Å². The van der Waals surface area contributed by atoms with Crippen LogP contribution in [0.4, 0.5) is 0 Å². The zero-order chi connectivity index (χ0) is 11.8. The van der Waals surface area contributed by atoms with Crippen LogP contribution in [0.15, 0.2) is 30.3 Å². The molecule has 0 saturated heterocycles. The molecule has 0 saturated carbocycles. The molecular formula is C12H16ClNO2. The summed E-state index contributed by atoms with van der Waals surface area (Å²) >= 11 is 5.38. The normalized spacial score (nSPS) is 12.1. The summed E-state index contributed by atoms with van der Waals surface area (Å²) in [5.74, 6) is -0.309. The predicted octanol–water partition coefficient (Wildman–Crippen LogP) is 1.34. The zero-order valence-corrected chi connectivity index (χ0v) is 9.78. The van der Waals surface area contributed by atoms with Crippen LogP contribution in [0.1, 0.15) is 12.0 Å². The van der Waals surface area contributed by atoms with Crippen molar-refractivity contribution in [2.45, 2.75) is 18.9 Å². The van der Waals surface area contributed by atoms with E-state index in [9.17, 15) is 4.79 Å². The van der Waals surface area contributed by atoms with Gasteiger partial charge in [0.25, 0.3) is 0 Å². The van der Waals surface area contributed by atoms with E-state index < -0.39 is 0 Å². The number of aliphatic hydroxyl groups is 1. The molecule has 0 heterocycles. The Kier molecular flexibility index (Phi) is 5.90. The molecule has 1 unspecified atom stereocenters. The molecule has 1 atom stereocenters. The number of benzene rings is 1. The van der Waals surface area contributed by atoms with Crippen LogP contribution in [-0.2, 0) is 11.2 Å². The SMILES string of the molecule is O=C(CCl)NC(CO)CCc1ccccc1. The number of amides is 1. The average molecular weight is 242 g/mol. The monoisotopic (exact) mass is 241 g/mol. The first-order valence-electron chi connectivity index (χ1n) is 5.26. The minimum absolute atomic E-state index is 0.0601. The first-order chi connectivity index (χ1) is 7.76. The van der Waals surface area contributed by atoms with E-state index in [4.69, 9.17) is 16.7 Å². The molecule has 0 aliphatic rings. The minimum Gasteiger partial charge on any atom is -0.394 e. The van der Waals surface area contributed by atoms with E-state index >= 15 is 0 Å². The van der Waals surface area contributed by atoms with Crippen LogP contribution < -0.4 is 5.32 Å². The second-order valence-electron chi connectivity index (χ2n) is 3.60. The summed E-state index contributed by atoms with van der Waals surface area (Å²) in [5, 5.41) is 11.8. The van der Waals surface area contributed by atoms with E-state index in [0.717, 1.165) is 6.42 Å². The van der Waals surface area contributed by atoms with Gasteiger partial charge in [-0.15, -0.1) is 11.6 Å². The maximum atomic E-state index is 11.0. The van der Waals surface area contributed by atoms with Crippen molar-refractivity contribution in [2.24, 2.45) is 0 Å². The standard InChI is InChI=1S/C12H16ClNO2/c13-8-12(16)14-11(9-15)7-6-10-4-2-1-3-5-10/h1-5,11,15H,6-9H2,(H,14,16). The fourth-order valence-corrected chi connectivity index (χ4v) is 1.54. The van der Waals surface area contributed by atoms with Gasteiger partial charge in [0.1, 0.15) is 5.88 Å². The third kappa shape index (κ3) is 4.64. The fourth-order valence-electron chi connectivity index (χ4n) is 1.46. The highest BCUT2D eigenvalue weighted by atomic mass is 35.5. The van der Waals surface area contributed by atoms with E-state index in [1.807, 2.05) is 30.3 Å². The third-order valence-corrected chi connectivity index (χ3v) is 2.57. The van der Waals surface area contributed by atoms with Gasteiger partial charge in [0, 0.05) is 0 Å². The molecule has 1 rings (SSSR count). The summed E-state index contributed by atoms with van der Waals surface area (Å²) in [6.45, 7) is -0.0601. The Balaban J connectivity index is 2.37. The Labute approximate surface area is 100 Å². The smallest absolute Gasteiger partial charge is 0.235 e. The molecule has 1 aromatic carbocycles. The molecule has 4 heteroatoms. The van der Waals surface area contributed by atoms with Crippen LogP contribution in [0.3, 0.4) is 0 Å². The number of hydrogen-bond donors (Lipinski definition) is 2. The number of hydrogen-bond acceptors (Lipinski definition) is 2. The van der Waals surface area contributed by atoms with Gasteiger partial charge in [0.05, 0.1) is 12.6 Å². The van der Waals surface area contributed by atoms with Crippen molar-refractivity contribution in [3.8, 4) is 0 Å². The van der Waals surface area contributed by atoms with Crippen molar-refractivity contribution in [1.29, 1.82) is 0 Å². The summed E-state index contributed by atoms with van der Waals surface area (Å²) in [6, 6.07) is 9.74. The number of aliphatic hydroxyl groups excluding tert-OH is 1. The van der Waals surface area contributed by atoms with Gasteiger partial charge in [-0.05, 0) is 18.4 Å². The summed E-state index contributed by atoms with van der Waals surface area (Å²) < 4.78 is 0. The van der Waals surface area contributed by atoms with Crippen molar-refractivity contribution in [2.75, 3.05) is 12.5 Å². The quantitative estimate of drug-likeness (QED) is 0.739. The summed E-state index contributed by atoms with van der Waals surface area (Å²) in [7, 11) is 0. The second-order valence-corrected chi connectivity index (χ2v) is 3.87. The van der Waals surface area contributed by atoms with Gasteiger partial charge in [0.2, 0.25) is 5.91 Å². The lowest BCUT2D eigenvalue weighted by Crippen LogP contribution is -2.38. The van der Waals surface area contributed by atoms with Crippen LogP contribution in [0, 0.1) is 0 Å². The number of carbonyl (C=O) groups is 1. The topological polar surface area (TPSA) is 49.3 Å². The molecule has 1 aromatic rings. The van der Waals surface area contributed by atoms with Gasteiger partial charge in [0.15, 0.2) is 0 Å². The van der Waals surface area contributed by atoms with Crippen LogP contribution in [0.5, 0.6) is 0 Å². The number of rotatable bonds is 6. The van der Waals surface area contributed by atoms with E-state index in [1.54, 1.807) is 0 Å². The Bertz CT molecular complexity index is 316. The maximum Gasteiger partial charge on any atom is 0.235 e. The zero-order valence-electron chi connectivity index (χ0n) is 9.03. The Morgan fingerprint density at radius 3 is 2.62 bits per heavy atom. The molecule has 0 bridgehead atoms. The van der Waals surface area contributed by atoms with Gasteiger partial charge in [-0.2, -0.15) is 0 Å². The lowest BCUT2D eigenvalue weighted by molar-refractivity contribution is -0.119. The second kappa shape index (κ2) is 7.25. The molecule has 0 aliphatic carbocycles. The van der Waals surface area contributed by atoms with E-state index in [0.29, 0.717) is 6.42 Å². The molecule has 2 N–H and O–H groups in total. The highest BCUT2D eigenvalue weighted by molar-refractivity contribution is 6.27. The van der Waals surface area contributed by atoms with Gasteiger partial charge in [-0.1, -0.05) is 30.3 Å². The lowest BCUT2D eigenvalue weighted by atomic mass is 10.1. The summed E-state index contributed by atoms with van der Waals surface area (Å²) in [4.78, 5) is 11.0. The fraction of sp³-hybridized carbons (Fsp3) is 0.417. The van der Waals surface area contributed by atoms with Crippen molar-refractivity contribution < 1.29 is 9.90 Å². The number of nitrogens with one attached hydrogen (secondary N) is 1. The van der Waals surface area contributed by atoms with Crippen molar-refractivity contribution >= 4 is 17.5 Å². The first-order valence-corrected chi connectivity index (χ1v) is 5.80. The Morgan fingerprint density at radius 1 is 1.38 bits per heavy atom. The Morgan fingerprint density at radius 2 is 2.06 bits per heavy atom. The molecule has 88 valence electrons. The predicted molar refractivity (Wildman–Crippen MR) is 64.5 cm³/mol. The number of alkyl halides is 1. The molecule has 1 amide bonds. The first kappa shape index (κ1) is 13.0. The molecule has 0 aliphatic heterocycles. The maximum absolute atomic E-state index is 11.0. The largest absolute Gasteiger partial charge is 0.394 e. The molecule has 0 fully saturated rings. The summed E-state index contributed by atoms with van der Waals surface area (Å²) in [5.41, 5.74) is 1.20. The van der Waals surface area contributed by atoms with E-state index in [-0.39, 0.29) is 24.4 Å². The van der Waals surface area contributed by atoms with E-state index in [2.05, 4.69) is 5.32 Å².